The van der Waals surface area contributed by atoms with Gasteiger partial charge in [0.15, 0.2) is 0 Å². The Morgan fingerprint density at radius 2 is 1.85 bits per heavy atom. The molecular formula is C20H21N5O2. The normalized spacial score (nSPS) is 10.3. The van der Waals surface area contributed by atoms with Crippen LogP contribution in [0, 0.1) is 0 Å². The van der Waals surface area contributed by atoms with Crippen LogP contribution in [0.1, 0.15) is 16.1 Å². The number of amides is 1. The van der Waals surface area contributed by atoms with E-state index >= 15 is 0 Å². The summed E-state index contributed by atoms with van der Waals surface area (Å²) in [5.41, 5.74) is 2.33. The van der Waals surface area contributed by atoms with Crippen molar-refractivity contribution >= 4 is 17.4 Å². The Kier molecular flexibility index (Phi) is 5.94. The van der Waals surface area contributed by atoms with Gasteiger partial charge in [0.25, 0.3) is 5.91 Å². The molecule has 138 valence electrons. The largest absolute Gasteiger partial charge is 0.497 e. The van der Waals surface area contributed by atoms with E-state index in [0.29, 0.717) is 18.1 Å². The van der Waals surface area contributed by atoms with Crippen molar-refractivity contribution in [3.63, 3.8) is 0 Å². The summed E-state index contributed by atoms with van der Waals surface area (Å²) in [5.74, 6) is 1.18. The lowest BCUT2D eigenvalue weighted by Gasteiger charge is -2.17. The van der Waals surface area contributed by atoms with Gasteiger partial charge in [-0.3, -0.25) is 9.78 Å². The van der Waals surface area contributed by atoms with Crippen LogP contribution in [-0.4, -0.2) is 46.5 Å². The van der Waals surface area contributed by atoms with Gasteiger partial charge in [0.05, 0.1) is 7.11 Å². The molecule has 1 N–H and O–H groups in total. The number of nitrogens with one attached hydrogen (secondary N) is 1. The smallest absolute Gasteiger partial charge is 0.272 e. The zero-order valence-electron chi connectivity index (χ0n) is 15.3. The third-order valence-electron chi connectivity index (χ3n) is 4.08. The van der Waals surface area contributed by atoms with E-state index in [2.05, 4.69) is 20.3 Å². The fourth-order valence-electron chi connectivity index (χ4n) is 2.51. The van der Waals surface area contributed by atoms with Crippen LogP contribution in [-0.2, 0) is 6.42 Å². The highest BCUT2D eigenvalue weighted by molar-refractivity contribution is 5.92. The van der Waals surface area contributed by atoms with Gasteiger partial charge >= 0.3 is 0 Å². The van der Waals surface area contributed by atoms with Gasteiger partial charge in [0.1, 0.15) is 23.6 Å². The van der Waals surface area contributed by atoms with Crippen LogP contribution in [0.15, 0.2) is 61.2 Å². The van der Waals surface area contributed by atoms with E-state index in [9.17, 15) is 4.79 Å². The van der Waals surface area contributed by atoms with Gasteiger partial charge in [-0.2, -0.15) is 0 Å². The first-order valence-electron chi connectivity index (χ1n) is 8.53. The molecule has 0 aliphatic rings. The third kappa shape index (κ3) is 5.01. The average Bonchev–Trinajstić information content (AvgIpc) is 2.73. The van der Waals surface area contributed by atoms with Crippen LogP contribution in [0.5, 0.6) is 5.75 Å². The summed E-state index contributed by atoms with van der Waals surface area (Å²) in [6, 6.07) is 13.0. The molecule has 0 unspecified atom stereocenters. The highest BCUT2D eigenvalue weighted by Crippen LogP contribution is 2.19. The summed E-state index contributed by atoms with van der Waals surface area (Å²) >= 11 is 0. The first-order valence-corrected chi connectivity index (χ1v) is 8.53. The van der Waals surface area contributed by atoms with Gasteiger partial charge in [-0.15, -0.1) is 0 Å². The number of nitrogens with zero attached hydrogens (tertiary/aromatic N) is 4. The Labute approximate surface area is 158 Å². The molecule has 2 aromatic heterocycles. The van der Waals surface area contributed by atoms with Gasteiger partial charge in [0.2, 0.25) is 0 Å². The second-order valence-corrected chi connectivity index (χ2v) is 5.97. The van der Waals surface area contributed by atoms with Crippen LogP contribution in [0.4, 0.5) is 11.5 Å². The molecular weight excluding hydrogens is 342 g/mol. The summed E-state index contributed by atoms with van der Waals surface area (Å²) in [5, 5.41) is 3.16. The summed E-state index contributed by atoms with van der Waals surface area (Å²) in [6.45, 7) is 0.591. The fraction of sp³-hybridized carbons (Fsp3) is 0.200. The van der Waals surface area contributed by atoms with E-state index in [-0.39, 0.29) is 5.91 Å². The van der Waals surface area contributed by atoms with Crippen molar-refractivity contribution in [2.24, 2.45) is 0 Å². The lowest BCUT2D eigenvalue weighted by Crippen LogP contribution is -2.29. The Morgan fingerprint density at radius 3 is 2.56 bits per heavy atom. The van der Waals surface area contributed by atoms with E-state index in [0.717, 1.165) is 23.4 Å². The van der Waals surface area contributed by atoms with Gasteiger partial charge in [0, 0.05) is 37.7 Å². The monoisotopic (exact) mass is 363 g/mol. The van der Waals surface area contributed by atoms with Crippen molar-refractivity contribution in [2.75, 3.05) is 26.0 Å². The topological polar surface area (TPSA) is 80.2 Å². The van der Waals surface area contributed by atoms with Crippen molar-refractivity contribution in [1.29, 1.82) is 0 Å². The van der Waals surface area contributed by atoms with Crippen molar-refractivity contribution in [3.8, 4) is 5.75 Å². The van der Waals surface area contributed by atoms with E-state index in [1.807, 2.05) is 36.4 Å². The van der Waals surface area contributed by atoms with Crippen molar-refractivity contribution < 1.29 is 9.53 Å². The van der Waals surface area contributed by atoms with E-state index in [1.165, 1.54) is 6.33 Å². The highest BCUT2D eigenvalue weighted by atomic mass is 16.5. The highest BCUT2D eigenvalue weighted by Gasteiger charge is 2.14. The second-order valence-electron chi connectivity index (χ2n) is 5.97. The van der Waals surface area contributed by atoms with Crippen LogP contribution in [0.3, 0.4) is 0 Å². The zero-order valence-corrected chi connectivity index (χ0v) is 15.3. The van der Waals surface area contributed by atoms with Crippen LogP contribution in [0.25, 0.3) is 0 Å². The summed E-state index contributed by atoms with van der Waals surface area (Å²) in [6.07, 6.45) is 5.64. The maximum atomic E-state index is 12.6. The molecule has 1 amide bonds. The number of pyridine rings is 1. The van der Waals surface area contributed by atoms with Crippen LogP contribution < -0.4 is 10.1 Å². The molecule has 27 heavy (non-hydrogen) atoms. The molecule has 0 saturated carbocycles. The summed E-state index contributed by atoms with van der Waals surface area (Å²) < 4.78 is 5.14. The minimum Gasteiger partial charge on any atom is -0.497 e. The standard InChI is InChI=1S/C20H21N5O2/c1-25(12-9-15-7-10-21-11-8-15)20(26)18-13-19(23-14-22-18)24-16-3-5-17(27-2)6-4-16/h3-8,10-11,13-14H,9,12H2,1-2H3,(H,22,23,24). The fourth-order valence-corrected chi connectivity index (χ4v) is 2.51. The second kappa shape index (κ2) is 8.75. The van der Waals surface area contributed by atoms with Crippen molar-refractivity contribution in [2.45, 2.75) is 6.42 Å². The number of rotatable bonds is 7. The number of benzene rings is 1. The molecule has 0 atom stereocenters. The lowest BCUT2D eigenvalue weighted by atomic mass is 10.2. The summed E-state index contributed by atoms with van der Waals surface area (Å²) in [4.78, 5) is 26.6. The average molecular weight is 363 g/mol. The van der Waals surface area contributed by atoms with Gasteiger partial charge in [-0.25, -0.2) is 9.97 Å². The predicted molar refractivity (Wildman–Crippen MR) is 103 cm³/mol. The molecule has 0 bridgehead atoms. The Balaban J connectivity index is 1.63. The number of carbonyl (C=O) groups excluding carboxylic acids is 1. The van der Waals surface area contributed by atoms with Gasteiger partial charge < -0.3 is 15.0 Å². The van der Waals surface area contributed by atoms with Gasteiger partial charge in [-0.1, -0.05) is 0 Å². The molecule has 0 aliphatic carbocycles. The minimum absolute atomic E-state index is 0.149. The van der Waals surface area contributed by atoms with E-state index in [4.69, 9.17) is 4.74 Å². The number of likely N-dealkylation sites (N-methyl/N-ethyl adjacent to an activating group) is 1. The molecule has 7 heteroatoms. The Hall–Kier alpha value is -3.48. The van der Waals surface area contributed by atoms with Gasteiger partial charge in [-0.05, 0) is 48.4 Å². The predicted octanol–water partition coefficient (Wildman–Crippen LogP) is 2.94. The number of carbonyl (C=O) groups is 1. The summed E-state index contributed by atoms with van der Waals surface area (Å²) in [7, 11) is 3.39. The molecule has 2 heterocycles. The third-order valence-corrected chi connectivity index (χ3v) is 4.08. The number of ether oxygens (including phenoxy) is 1. The molecule has 0 aliphatic heterocycles. The van der Waals surface area contributed by atoms with Crippen molar-refractivity contribution in [3.05, 3.63) is 72.4 Å². The van der Waals surface area contributed by atoms with Crippen LogP contribution >= 0.6 is 0 Å². The quantitative estimate of drug-likeness (QED) is 0.695. The number of hydrogen-bond acceptors (Lipinski definition) is 6. The first-order chi connectivity index (χ1) is 13.2. The maximum absolute atomic E-state index is 12.6. The minimum atomic E-state index is -0.149. The number of methoxy groups -OCH3 is 1. The Morgan fingerprint density at radius 1 is 1.11 bits per heavy atom. The number of anilines is 2. The molecule has 0 fully saturated rings. The number of hydrogen-bond donors (Lipinski definition) is 1. The lowest BCUT2D eigenvalue weighted by molar-refractivity contribution is 0.0790. The first kappa shape index (κ1) is 18.3. The molecule has 0 radical (unpaired) electrons. The van der Waals surface area contributed by atoms with Crippen LogP contribution in [0.2, 0.25) is 0 Å². The number of aromatic nitrogens is 3. The van der Waals surface area contributed by atoms with E-state index < -0.39 is 0 Å². The molecule has 7 nitrogen and oxygen atoms in total. The Bertz CT molecular complexity index is 884. The SMILES string of the molecule is COc1ccc(Nc2cc(C(=O)N(C)CCc3ccncc3)ncn2)cc1. The molecule has 1 aromatic carbocycles. The van der Waals surface area contributed by atoms with Crippen molar-refractivity contribution in [1.82, 2.24) is 19.9 Å². The molecule has 3 aromatic rings. The van der Waals surface area contributed by atoms with E-state index in [1.54, 1.807) is 37.5 Å². The maximum Gasteiger partial charge on any atom is 0.272 e. The zero-order chi connectivity index (χ0) is 19.1. The molecule has 0 saturated heterocycles. The molecule has 0 spiro atoms. The molecule has 3 rings (SSSR count).